The van der Waals surface area contributed by atoms with Gasteiger partial charge in [-0.1, -0.05) is 13.8 Å². The van der Waals surface area contributed by atoms with Crippen LogP contribution in [0.1, 0.15) is 37.9 Å². The lowest BCUT2D eigenvalue weighted by molar-refractivity contribution is 0.313. The van der Waals surface area contributed by atoms with Gasteiger partial charge >= 0.3 is 0 Å². The number of fused-ring (bicyclic) bond motifs is 1. The van der Waals surface area contributed by atoms with Crippen LogP contribution >= 0.6 is 0 Å². The van der Waals surface area contributed by atoms with Gasteiger partial charge in [-0.3, -0.25) is 4.68 Å². The Balaban J connectivity index is 1.47. The molecule has 0 unspecified atom stereocenters. The lowest BCUT2D eigenvalue weighted by Crippen LogP contribution is -2.58. The highest BCUT2D eigenvalue weighted by molar-refractivity contribution is 7.88. The summed E-state index contributed by atoms with van der Waals surface area (Å²) in [5, 5.41) is 9.25. The molecule has 1 aliphatic heterocycles. The maximum Gasteiger partial charge on any atom is 0.208 e. The quantitative estimate of drug-likeness (QED) is 0.335. The van der Waals surface area contributed by atoms with Gasteiger partial charge in [-0.15, -0.1) is 0 Å². The summed E-state index contributed by atoms with van der Waals surface area (Å²) >= 11 is 0. The molecular formula is C27H33FN8O2S. The predicted octanol–water partition coefficient (Wildman–Crippen LogP) is 4.11. The molecule has 0 radical (unpaired) electrons. The molecule has 0 saturated carbocycles. The summed E-state index contributed by atoms with van der Waals surface area (Å²) in [6, 6.07) is 5.24. The van der Waals surface area contributed by atoms with E-state index in [-0.39, 0.29) is 23.7 Å². The van der Waals surface area contributed by atoms with Gasteiger partial charge in [0.2, 0.25) is 10.0 Å². The Morgan fingerprint density at radius 2 is 1.95 bits per heavy atom. The Labute approximate surface area is 227 Å². The molecule has 2 atom stereocenters. The van der Waals surface area contributed by atoms with Gasteiger partial charge in [0.25, 0.3) is 0 Å². The number of halogens is 1. The maximum absolute atomic E-state index is 15.5. The van der Waals surface area contributed by atoms with E-state index >= 15 is 4.39 Å². The van der Waals surface area contributed by atoms with E-state index < -0.39 is 10.0 Å². The lowest BCUT2D eigenvalue weighted by atomic mass is 9.87. The van der Waals surface area contributed by atoms with Crippen molar-refractivity contribution in [1.29, 1.82) is 0 Å². The zero-order chi connectivity index (χ0) is 28.1. The lowest BCUT2D eigenvalue weighted by Gasteiger charge is -2.48. The molecular weight excluding hydrogens is 519 g/mol. The van der Waals surface area contributed by atoms with E-state index in [1.165, 1.54) is 0 Å². The topological polar surface area (TPSA) is 118 Å². The molecule has 10 nitrogen and oxygen atoms in total. The Morgan fingerprint density at radius 1 is 1.18 bits per heavy atom. The minimum Gasteiger partial charge on any atom is -0.367 e. The van der Waals surface area contributed by atoms with Crippen LogP contribution in [0.25, 0.3) is 22.2 Å². The number of hydrogen-bond acceptors (Lipinski definition) is 8. The number of nitrogens with one attached hydrogen (secondary N) is 2. The SMILES string of the molecule is Cc1nn(C)cc1-c1nccc(Nc2cc3c(C(C)C)c(F)cc(N4C[C@@H](CNS(C)(=O)=O)[C@H]4C)c3cn2)n1. The molecule has 1 fully saturated rings. The molecule has 206 valence electrons. The zero-order valence-electron chi connectivity index (χ0n) is 22.9. The summed E-state index contributed by atoms with van der Waals surface area (Å²) in [7, 11) is -1.41. The van der Waals surface area contributed by atoms with Gasteiger partial charge < -0.3 is 10.2 Å². The summed E-state index contributed by atoms with van der Waals surface area (Å²) in [6.07, 6.45) is 6.47. The van der Waals surface area contributed by atoms with Crippen molar-refractivity contribution in [3.05, 3.63) is 53.9 Å². The van der Waals surface area contributed by atoms with Gasteiger partial charge in [0.05, 0.1) is 17.5 Å². The minimum absolute atomic E-state index is 0.0416. The fourth-order valence-electron chi connectivity index (χ4n) is 5.19. The summed E-state index contributed by atoms with van der Waals surface area (Å²) < 4.78 is 42.9. The number of pyridine rings is 1. The van der Waals surface area contributed by atoms with Crippen LogP contribution in [-0.4, -0.2) is 58.5 Å². The van der Waals surface area contributed by atoms with Crippen molar-refractivity contribution in [3.63, 3.8) is 0 Å². The first kappa shape index (κ1) is 26.9. The predicted molar refractivity (Wildman–Crippen MR) is 151 cm³/mol. The molecule has 1 aromatic carbocycles. The van der Waals surface area contributed by atoms with Gasteiger partial charge in [-0.25, -0.2) is 32.5 Å². The van der Waals surface area contributed by atoms with E-state index in [0.29, 0.717) is 36.1 Å². The smallest absolute Gasteiger partial charge is 0.208 e. The number of nitrogens with zero attached hydrogens (tertiary/aromatic N) is 6. The van der Waals surface area contributed by atoms with Crippen LogP contribution in [0.4, 0.5) is 21.7 Å². The van der Waals surface area contributed by atoms with Crippen molar-refractivity contribution in [2.45, 2.75) is 39.7 Å². The van der Waals surface area contributed by atoms with E-state index in [2.05, 4.69) is 35.0 Å². The van der Waals surface area contributed by atoms with Crippen LogP contribution in [-0.2, 0) is 17.1 Å². The summed E-state index contributed by atoms with van der Waals surface area (Å²) in [6.45, 7) is 8.85. The van der Waals surface area contributed by atoms with E-state index in [9.17, 15) is 8.42 Å². The third-order valence-electron chi connectivity index (χ3n) is 7.26. The highest BCUT2D eigenvalue weighted by Crippen LogP contribution is 2.40. The number of aromatic nitrogens is 5. The molecule has 2 N–H and O–H groups in total. The molecule has 4 aromatic rings. The number of benzene rings is 1. The zero-order valence-corrected chi connectivity index (χ0v) is 23.7. The summed E-state index contributed by atoms with van der Waals surface area (Å²) in [4.78, 5) is 15.8. The van der Waals surface area contributed by atoms with Crippen LogP contribution in [0.5, 0.6) is 0 Å². The maximum atomic E-state index is 15.5. The van der Waals surface area contributed by atoms with Crippen molar-refractivity contribution < 1.29 is 12.8 Å². The molecule has 4 heterocycles. The standard InChI is InChI=1S/C27H33FN8O2S/c1-15(2)26-19-9-25(32-24-7-8-29-27(33-24)21-14-35(5)34-16(21)3)30-12-20(19)23(10-22(26)28)36-13-18(17(36)4)11-31-39(6,37)38/h7-10,12,14-15,17-18,31H,11,13H2,1-6H3,(H,29,30,32,33)/t17-,18-/m1/s1. The van der Waals surface area contributed by atoms with Crippen LogP contribution in [0.2, 0.25) is 0 Å². The molecule has 0 amide bonds. The van der Waals surface area contributed by atoms with Gasteiger partial charge in [0.1, 0.15) is 17.5 Å². The van der Waals surface area contributed by atoms with Crippen LogP contribution in [0, 0.1) is 18.7 Å². The fraction of sp³-hybridized carbons (Fsp3) is 0.407. The number of hydrogen-bond donors (Lipinski definition) is 2. The van der Waals surface area contributed by atoms with Crippen molar-refractivity contribution >= 4 is 38.1 Å². The van der Waals surface area contributed by atoms with Gasteiger partial charge in [0, 0.05) is 61.8 Å². The molecule has 5 rings (SSSR count). The van der Waals surface area contributed by atoms with Crippen LogP contribution < -0.4 is 14.9 Å². The normalized spacial score (nSPS) is 17.6. The van der Waals surface area contributed by atoms with Gasteiger partial charge in [-0.2, -0.15) is 5.10 Å². The first-order chi connectivity index (χ1) is 18.4. The third kappa shape index (κ3) is 5.44. The number of anilines is 3. The third-order valence-corrected chi connectivity index (χ3v) is 7.95. The van der Waals surface area contributed by atoms with E-state index in [1.54, 1.807) is 29.2 Å². The van der Waals surface area contributed by atoms with E-state index in [0.717, 1.165) is 34.0 Å². The van der Waals surface area contributed by atoms with Crippen molar-refractivity contribution in [1.82, 2.24) is 29.5 Å². The highest BCUT2D eigenvalue weighted by atomic mass is 32.2. The molecule has 1 saturated heterocycles. The fourth-order valence-corrected chi connectivity index (χ4v) is 5.70. The second-order valence-corrected chi connectivity index (χ2v) is 12.4. The van der Waals surface area contributed by atoms with E-state index in [4.69, 9.17) is 0 Å². The molecule has 12 heteroatoms. The monoisotopic (exact) mass is 552 g/mol. The van der Waals surface area contributed by atoms with Crippen molar-refractivity contribution in [2.24, 2.45) is 13.0 Å². The second-order valence-electron chi connectivity index (χ2n) is 10.5. The van der Waals surface area contributed by atoms with Crippen molar-refractivity contribution in [3.8, 4) is 11.4 Å². The Bertz CT molecular complexity index is 1650. The van der Waals surface area contributed by atoms with Crippen LogP contribution in [0.3, 0.4) is 0 Å². The summed E-state index contributed by atoms with van der Waals surface area (Å²) in [5.41, 5.74) is 3.05. The van der Waals surface area contributed by atoms with Gasteiger partial charge in [0.15, 0.2) is 5.82 Å². The van der Waals surface area contributed by atoms with Gasteiger partial charge in [-0.05, 0) is 48.9 Å². The molecule has 1 aliphatic rings. The number of sulfonamides is 1. The van der Waals surface area contributed by atoms with E-state index in [1.807, 2.05) is 47.0 Å². The summed E-state index contributed by atoms with van der Waals surface area (Å²) in [5.74, 6) is 1.47. The first-order valence-corrected chi connectivity index (χ1v) is 14.7. The number of rotatable bonds is 8. The Hall–Kier alpha value is -3.64. The molecule has 3 aromatic heterocycles. The largest absolute Gasteiger partial charge is 0.367 e. The molecule has 0 spiro atoms. The molecule has 39 heavy (non-hydrogen) atoms. The van der Waals surface area contributed by atoms with Crippen molar-refractivity contribution in [2.75, 3.05) is 29.6 Å². The molecule has 0 bridgehead atoms. The first-order valence-electron chi connectivity index (χ1n) is 12.9. The minimum atomic E-state index is -3.27. The average molecular weight is 553 g/mol. The second kappa shape index (κ2) is 10.2. The Kier molecular flexibility index (Phi) is 7.02. The highest BCUT2D eigenvalue weighted by Gasteiger charge is 2.37. The Morgan fingerprint density at radius 3 is 2.59 bits per heavy atom. The average Bonchev–Trinajstić information content (AvgIpc) is 3.19. The molecule has 0 aliphatic carbocycles. The van der Waals surface area contributed by atoms with Crippen LogP contribution in [0.15, 0.2) is 36.8 Å². The number of aryl methyl sites for hydroxylation is 2.